The lowest BCUT2D eigenvalue weighted by atomic mass is 10.0. The SMILES string of the molecule is C#C[C@H]1O[C@H]2CCCO[C@@H]2CC[C@@H]1OCc1ccccc1. The molecular formula is C18H22O3. The van der Waals surface area contributed by atoms with Crippen molar-refractivity contribution in [3.8, 4) is 12.3 Å². The lowest BCUT2D eigenvalue weighted by molar-refractivity contribution is -0.126. The van der Waals surface area contributed by atoms with Gasteiger partial charge in [0, 0.05) is 6.61 Å². The minimum atomic E-state index is -0.273. The molecule has 112 valence electrons. The van der Waals surface area contributed by atoms with Crippen LogP contribution in [0.2, 0.25) is 0 Å². The Hall–Kier alpha value is -1.34. The Kier molecular flexibility index (Phi) is 4.92. The van der Waals surface area contributed by atoms with Crippen LogP contribution in [0.3, 0.4) is 0 Å². The van der Waals surface area contributed by atoms with Gasteiger partial charge in [-0.3, -0.25) is 0 Å². The molecular weight excluding hydrogens is 264 g/mol. The van der Waals surface area contributed by atoms with Crippen LogP contribution in [0.4, 0.5) is 0 Å². The van der Waals surface area contributed by atoms with Crippen molar-refractivity contribution in [3.63, 3.8) is 0 Å². The van der Waals surface area contributed by atoms with Crippen LogP contribution in [-0.2, 0) is 20.8 Å². The van der Waals surface area contributed by atoms with E-state index in [1.54, 1.807) is 0 Å². The predicted octanol–water partition coefficient (Wildman–Crippen LogP) is 2.93. The fourth-order valence-corrected chi connectivity index (χ4v) is 3.09. The minimum absolute atomic E-state index is 0.0515. The van der Waals surface area contributed by atoms with Gasteiger partial charge < -0.3 is 14.2 Å². The number of hydrogen-bond donors (Lipinski definition) is 0. The Labute approximate surface area is 126 Å². The van der Waals surface area contributed by atoms with E-state index in [1.165, 1.54) is 0 Å². The zero-order valence-electron chi connectivity index (χ0n) is 12.2. The molecule has 0 amide bonds. The number of ether oxygens (including phenoxy) is 3. The summed E-state index contributed by atoms with van der Waals surface area (Å²) in [6, 6.07) is 10.2. The predicted molar refractivity (Wildman–Crippen MR) is 80.7 cm³/mol. The topological polar surface area (TPSA) is 27.7 Å². The van der Waals surface area contributed by atoms with E-state index in [-0.39, 0.29) is 24.4 Å². The van der Waals surface area contributed by atoms with Crippen LogP contribution in [0, 0.1) is 12.3 Å². The number of benzene rings is 1. The number of fused-ring (bicyclic) bond motifs is 1. The van der Waals surface area contributed by atoms with Gasteiger partial charge in [-0.2, -0.15) is 0 Å². The summed E-state index contributed by atoms with van der Waals surface area (Å²) in [6.45, 7) is 1.41. The molecule has 2 aliphatic rings. The minimum Gasteiger partial charge on any atom is -0.376 e. The number of hydrogen-bond acceptors (Lipinski definition) is 3. The van der Waals surface area contributed by atoms with Gasteiger partial charge in [-0.15, -0.1) is 6.42 Å². The Morgan fingerprint density at radius 2 is 2.00 bits per heavy atom. The Balaban J connectivity index is 1.62. The lowest BCUT2D eigenvalue weighted by Crippen LogP contribution is -2.37. The maximum atomic E-state index is 6.08. The highest BCUT2D eigenvalue weighted by Gasteiger charge is 2.36. The van der Waals surface area contributed by atoms with Crippen LogP contribution >= 0.6 is 0 Å². The third-order valence-corrected chi connectivity index (χ3v) is 4.25. The molecule has 1 aromatic rings. The maximum Gasteiger partial charge on any atom is 0.144 e. The van der Waals surface area contributed by atoms with E-state index in [2.05, 4.69) is 18.1 Å². The van der Waals surface area contributed by atoms with Crippen molar-refractivity contribution < 1.29 is 14.2 Å². The van der Waals surface area contributed by atoms with Crippen LogP contribution in [0.5, 0.6) is 0 Å². The first-order valence-electron chi connectivity index (χ1n) is 7.75. The summed E-state index contributed by atoms with van der Waals surface area (Å²) in [5.41, 5.74) is 1.16. The Morgan fingerprint density at radius 3 is 2.81 bits per heavy atom. The Bertz CT molecular complexity index is 479. The monoisotopic (exact) mass is 286 g/mol. The fraction of sp³-hybridized carbons (Fsp3) is 0.556. The molecule has 0 saturated carbocycles. The zero-order valence-corrected chi connectivity index (χ0v) is 12.2. The molecule has 0 bridgehead atoms. The molecule has 0 unspecified atom stereocenters. The van der Waals surface area contributed by atoms with Gasteiger partial charge >= 0.3 is 0 Å². The zero-order chi connectivity index (χ0) is 14.5. The molecule has 0 aromatic heterocycles. The van der Waals surface area contributed by atoms with Crippen molar-refractivity contribution >= 4 is 0 Å². The summed E-state index contributed by atoms with van der Waals surface area (Å²) in [5, 5.41) is 0. The van der Waals surface area contributed by atoms with E-state index in [1.807, 2.05) is 18.2 Å². The average Bonchev–Trinajstić information content (AvgIpc) is 2.73. The third-order valence-electron chi connectivity index (χ3n) is 4.25. The molecule has 3 nitrogen and oxygen atoms in total. The molecule has 2 heterocycles. The summed E-state index contributed by atoms with van der Waals surface area (Å²) in [5.74, 6) is 2.76. The first-order chi connectivity index (χ1) is 10.4. The third kappa shape index (κ3) is 3.65. The van der Waals surface area contributed by atoms with E-state index < -0.39 is 0 Å². The van der Waals surface area contributed by atoms with Gasteiger partial charge in [0.1, 0.15) is 6.10 Å². The molecule has 4 atom stereocenters. The summed E-state index contributed by atoms with van der Waals surface area (Å²) in [7, 11) is 0. The Morgan fingerprint density at radius 1 is 1.14 bits per heavy atom. The quantitative estimate of drug-likeness (QED) is 0.800. The highest BCUT2D eigenvalue weighted by molar-refractivity contribution is 5.13. The van der Waals surface area contributed by atoms with Gasteiger partial charge in [0.15, 0.2) is 0 Å². The summed E-state index contributed by atoms with van der Waals surface area (Å²) < 4.78 is 17.9. The maximum absolute atomic E-state index is 6.08. The normalized spacial score (nSPS) is 32.7. The standard InChI is InChI=1S/C18H22O3/c1-2-15-16(20-13-14-7-4-3-5-8-14)10-11-17-18(21-15)9-6-12-19-17/h1,3-5,7-8,15-18H,6,9-13H2/t15-,16+,17-,18+/m1/s1. The molecule has 21 heavy (non-hydrogen) atoms. The van der Waals surface area contributed by atoms with Gasteiger partial charge in [0.25, 0.3) is 0 Å². The van der Waals surface area contributed by atoms with Crippen LogP contribution in [-0.4, -0.2) is 31.0 Å². The first kappa shape index (κ1) is 14.6. The molecule has 2 aliphatic heterocycles. The van der Waals surface area contributed by atoms with Crippen molar-refractivity contribution in [1.29, 1.82) is 0 Å². The van der Waals surface area contributed by atoms with E-state index in [9.17, 15) is 0 Å². The highest BCUT2D eigenvalue weighted by atomic mass is 16.6. The van der Waals surface area contributed by atoms with Gasteiger partial charge in [0.05, 0.1) is 24.9 Å². The van der Waals surface area contributed by atoms with Crippen molar-refractivity contribution in [2.75, 3.05) is 6.61 Å². The van der Waals surface area contributed by atoms with Crippen LogP contribution < -0.4 is 0 Å². The molecule has 1 aromatic carbocycles. The van der Waals surface area contributed by atoms with Crippen molar-refractivity contribution in [1.82, 2.24) is 0 Å². The first-order valence-corrected chi connectivity index (χ1v) is 7.75. The summed E-state index contributed by atoms with van der Waals surface area (Å²) in [6.07, 6.45) is 9.58. The van der Waals surface area contributed by atoms with Gasteiger partial charge in [-0.05, 0) is 31.2 Å². The molecule has 0 radical (unpaired) electrons. The molecule has 0 spiro atoms. The van der Waals surface area contributed by atoms with Gasteiger partial charge in [0.2, 0.25) is 0 Å². The lowest BCUT2D eigenvalue weighted by Gasteiger charge is -2.30. The molecule has 0 aliphatic carbocycles. The van der Waals surface area contributed by atoms with Crippen LogP contribution in [0.1, 0.15) is 31.2 Å². The smallest absolute Gasteiger partial charge is 0.144 e. The van der Waals surface area contributed by atoms with Crippen molar-refractivity contribution in [3.05, 3.63) is 35.9 Å². The second-order valence-corrected chi connectivity index (χ2v) is 5.73. The number of terminal acetylenes is 1. The average molecular weight is 286 g/mol. The highest BCUT2D eigenvalue weighted by Crippen LogP contribution is 2.29. The molecule has 3 heteroatoms. The van der Waals surface area contributed by atoms with Crippen LogP contribution in [0.15, 0.2) is 30.3 Å². The second-order valence-electron chi connectivity index (χ2n) is 5.73. The largest absolute Gasteiger partial charge is 0.376 e. The summed E-state index contributed by atoms with van der Waals surface area (Å²) in [4.78, 5) is 0. The summed E-state index contributed by atoms with van der Waals surface area (Å²) >= 11 is 0. The fourth-order valence-electron chi connectivity index (χ4n) is 3.09. The van der Waals surface area contributed by atoms with Crippen molar-refractivity contribution in [2.45, 2.75) is 56.7 Å². The van der Waals surface area contributed by atoms with E-state index >= 15 is 0 Å². The molecule has 2 saturated heterocycles. The van der Waals surface area contributed by atoms with E-state index in [0.717, 1.165) is 37.9 Å². The number of rotatable bonds is 3. The van der Waals surface area contributed by atoms with E-state index in [4.69, 9.17) is 20.6 Å². The van der Waals surface area contributed by atoms with Crippen molar-refractivity contribution in [2.24, 2.45) is 0 Å². The molecule has 0 N–H and O–H groups in total. The van der Waals surface area contributed by atoms with Crippen LogP contribution in [0.25, 0.3) is 0 Å². The molecule has 2 fully saturated rings. The van der Waals surface area contributed by atoms with Gasteiger partial charge in [-0.1, -0.05) is 36.3 Å². The second kappa shape index (κ2) is 7.09. The van der Waals surface area contributed by atoms with Gasteiger partial charge in [-0.25, -0.2) is 0 Å². The molecule has 3 rings (SSSR count). The van der Waals surface area contributed by atoms with E-state index in [0.29, 0.717) is 6.61 Å².